The predicted octanol–water partition coefficient (Wildman–Crippen LogP) is 6.51. The minimum absolute atomic E-state index is 0.0194. The highest BCUT2D eigenvalue weighted by Crippen LogP contribution is 2.31. The fraction of sp³-hybridized carbons (Fsp3) is 0.320. The number of nitrogens with zero attached hydrogens (tertiary/aromatic N) is 2. The first-order valence-electron chi connectivity index (χ1n) is 10.8. The second-order valence-electron chi connectivity index (χ2n) is 7.31. The fourth-order valence-electron chi connectivity index (χ4n) is 3.35. The number of allylic oxidation sites excluding steroid dienone is 1. The van der Waals surface area contributed by atoms with Crippen molar-refractivity contribution in [2.75, 3.05) is 5.32 Å². The molecule has 0 atom stereocenters. The molecule has 3 rings (SSSR count). The Morgan fingerprint density at radius 1 is 1.06 bits per heavy atom. The number of unbranched alkanes of at least 4 members (excludes halogenated alkanes) is 1. The molecule has 2 aromatic heterocycles. The lowest BCUT2D eigenvalue weighted by molar-refractivity contribution is -0.136. The Labute approximate surface area is 187 Å². The average Bonchev–Trinajstić information content (AvgIpc) is 3.23. The third-order valence-electron chi connectivity index (χ3n) is 4.94. The van der Waals surface area contributed by atoms with Gasteiger partial charge in [-0.3, -0.25) is 4.79 Å². The van der Waals surface area contributed by atoms with Crippen LogP contribution in [-0.4, -0.2) is 21.0 Å². The van der Waals surface area contributed by atoms with Crippen LogP contribution in [0.1, 0.15) is 55.3 Å². The van der Waals surface area contributed by atoms with E-state index < -0.39 is 5.97 Å². The molecule has 0 unspecified atom stereocenters. The quantitative estimate of drug-likeness (QED) is 0.379. The summed E-state index contributed by atoms with van der Waals surface area (Å²) in [6, 6.07) is 11.7. The number of hydrogen-bond acceptors (Lipinski definition) is 5. The Hall–Kier alpha value is -2.99. The topological polar surface area (TPSA) is 75.1 Å². The number of hydrogen-bond donors (Lipinski definition) is 2. The highest BCUT2D eigenvalue weighted by Gasteiger charge is 2.15. The zero-order valence-electron chi connectivity index (χ0n) is 18.3. The zero-order valence-corrected chi connectivity index (χ0v) is 19.1. The number of rotatable bonds is 10. The molecule has 0 saturated heterocycles. The van der Waals surface area contributed by atoms with Gasteiger partial charge in [0.05, 0.1) is 11.3 Å². The number of anilines is 2. The minimum atomic E-state index is -0.832. The van der Waals surface area contributed by atoms with Crippen LogP contribution in [-0.2, 0) is 24.1 Å². The Morgan fingerprint density at radius 3 is 2.48 bits per heavy atom. The molecule has 3 aromatic rings. The van der Waals surface area contributed by atoms with Crippen LogP contribution in [0.2, 0.25) is 0 Å². The van der Waals surface area contributed by atoms with Gasteiger partial charge in [0.2, 0.25) is 0 Å². The fourth-order valence-corrected chi connectivity index (χ4v) is 4.23. The maximum atomic E-state index is 10.9. The molecule has 31 heavy (non-hydrogen) atoms. The number of thiophene rings is 1. The summed E-state index contributed by atoms with van der Waals surface area (Å²) in [6.45, 7) is 6.40. The standard InChI is InChI=1S/C25H29N3O2S/c1-4-7-8-9-19-14-15-22(31-19)25-27-21(6-3)20(5-2)24(28-25)26-18-12-10-17(11-13-18)16-23(29)30/h8-15H,4-7,16H2,1-3H3,(H,29,30)(H,26,27,28)/b9-8+. The number of aryl methyl sites for hydroxylation is 1. The molecule has 0 radical (unpaired) electrons. The molecule has 162 valence electrons. The molecule has 1 aromatic carbocycles. The van der Waals surface area contributed by atoms with Crippen LogP contribution in [0.4, 0.5) is 11.5 Å². The van der Waals surface area contributed by atoms with E-state index in [2.05, 4.69) is 50.4 Å². The van der Waals surface area contributed by atoms with E-state index in [9.17, 15) is 4.79 Å². The Morgan fingerprint density at radius 2 is 1.84 bits per heavy atom. The molecule has 0 spiro atoms. The second kappa shape index (κ2) is 10.9. The first-order chi connectivity index (χ1) is 15.0. The number of carboxylic acid groups (broad SMARTS) is 1. The first kappa shape index (κ1) is 22.7. The third kappa shape index (κ3) is 6.01. The van der Waals surface area contributed by atoms with Gasteiger partial charge in [0, 0.05) is 21.8 Å². The van der Waals surface area contributed by atoms with E-state index >= 15 is 0 Å². The van der Waals surface area contributed by atoms with E-state index in [1.807, 2.05) is 24.3 Å². The third-order valence-corrected chi connectivity index (χ3v) is 5.98. The molecule has 0 amide bonds. The summed E-state index contributed by atoms with van der Waals surface area (Å²) in [7, 11) is 0. The molecule has 0 saturated carbocycles. The molecule has 2 N–H and O–H groups in total. The summed E-state index contributed by atoms with van der Waals surface area (Å²) < 4.78 is 0. The Kier molecular flexibility index (Phi) is 7.95. The molecular formula is C25H29N3O2S. The van der Waals surface area contributed by atoms with Gasteiger partial charge in [0.25, 0.3) is 0 Å². The summed E-state index contributed by atoms with van der Waals surface area (Å²) in [5.41, 5.74) is 3.81. The summed E-state index contributed by atoms with van der Waals surface area (Å²) in [6.07, 6.45) is 8.27. The zero-order chi connectivity index (χ0) is 22.2. The monoisotopic (exact) mass is 435 g/mol. The van der Waals surface area contributed by atoms with Crippen molar-refractivity contribution in [3.63, 3.8) is 0 Å². The van der Waals surface area contributed by atoms with Crippen LogP contribution in [0.3, 0.4) is 0 Å². The largest absolute Gasteiger partial charge is 0.481 e. The van der Waals surface area contributed by atoms with Gasteiger partial charge in [0.1, 0.15) is 5.82 Å². The molecule has 0 bridgehead atoms. The van der Waals surface area contributed by atoms with Crippen molar-refractivity contribution in [1.82, 2.24) is 9.97 Å². The summed E-state index contributed by atoms with van der Waals surface area (Å²) in [4.78, 5) is 22.9. The molecule has 0 aliphatic carbocycles. The summed E-state index contributed by atoms with van der Waals surface area (Å²) in [5, 5.41) is 12.4. The number of nitrogens with one attached hydrogen (secondary N) is 1. The average molecular weight is 436 g/mol. The van der Waals surface area contributed by atoms with Crippen LogP contribution in [0.15, 0.2) is 42.5 Å². The van der Waals surface area contributed by atoms with Crippen LogP contribution < -0.4 is 5.32 Å². The molecule has 0 aliphatic heterocycles. The molecule has 2 heterocycles. The van der Waals surface area contributed by atoms with E-state index in [0.717, 1.165) is 64.7 Å². The van der Waals surface area contributed by atoms with Crippen molar-refractivity contribution in [2.45, 2.75) is 52.9 Å². The van der Waals surface area contributed by atoms with Crippen molar-refractivity contribution >= 4 is 34.9 Å². The van der Waals surface area contributed by atoms with Crippen molar-refractivity contribution in [3.05, 3.63) is 64.2 Å². The van der Waals surface area contributed by atoms with E-state index in [1.54, 1.807) is 11.3 Å². The lowest BCUT2D eigenvalue weighted by Crippen LogP contribution is -2.07. The Bertz CT molecular complexity index is 1060. The first-order valence-corrected chi connectivity index (χ1v) is 11.6. The van der Waals surface area contributed by atoms with Crippen molar-refractivity contribution in [1.29, 1.82) is 0 Å². The highest BCUT2D eigenvalue weighted by atomic mass is 32.1. The van der Waals surface area contributed by atoms with Gasteiger partial charge >= 0.3 is 5.97 Å². The minimum Gasteiger partial charge on any atom is -0.481 e. The van der Waals surface area contributed by atoms with Gasteiger partial charge in [0.15, 0.2) is 5.82 Å². The molecule has 0 fully saturated rings. The van der Waals surface area contributed by atoms with Gasteiger partial charge in [-0.1, -0.05) is 45.4 Å². The molecule has 6 heteroatoms. The van der Waals surface area contributed by atoms with Crippen molar-refractivity contribution < 1.29 is 9.90 Å². The maximum absolute atomic E-state index is 10.9. The number of benzene rings is 1. The van der Waals surface area contributed by atoms with E-state index in [0.29, 0.717) is 0 Å². The SMILES string of the molecule is CCC/C=C/c1ccc(-c2nc(CC)c(CC)c(Nc3ccc(CC(=O)O)cc3)n2)s1. The van der Waals surface area contributed by atoms with Crippen LogP contribution in [0, 0.1) is 0 Å². The number of aromatic nitrogens is 2. The van der Waals surface area contributed by atoms with Crippen molar-refractivity contribution in [3.8, 4) is 10.7 Å². The van der Waals surface area contributed by atoms with E-state index in [4.69, 9.17) is 15.1 Å². The molecule has 5 nitrogen and oxygen atoms in total. The highest BCUT2D eigenvalue weighted by molar-refractivity contribution is 7.16. The summed E-state index contributed by atoms with van der Waals surface area (Å²) >= 11 is 1.70. The smallest absolute Gasteiger partial charge is 0.307 e. The van der Waals surface area contributed by atoms with Crippen molar-refractivity contribution in [2.24, 2.45) is 0 Å². The van der Waals surface area contributed by atoms with Gasteiger partial charge in [-0.25, -0.2) is 9.97 Å². The van der Waals surface area contributed by atoms with E-state index in [1.165, 1.54) is 4.88 Å². The van der Waals surface area contributed by atoms with Crippen LogP contribution in [0.5, 0.6) is 0 Å². The summed E-state index contributed by atoms with van der Waals surface area (Å²) in [5.74, 6) is 0.716. The Balaban J connectivity index is 1.91. The second-order valence-corrected chi connectivity index (χ2v) is 8.43. The predicted molar refractivity (Wildman–Crippen MR) is 129 cm³/mol. The lowest BCUT2D eigenvalue weighted by Gasteiger charge is -2.15. The molecule has 0 aliphatic rings. The van der Waals surface area contributed by atoms with E-state index in [-0.39, 0.29) is 6.42 Å². The van der Waals surface area contributed by atoms with Gasteiger partial charge in [-0.15, -0.1) is 11.3 Å². The maximum Gasteiger partial charge on any atom is 0.307 e. The van der Waals surface area contributed by atoms with Gasteiger partial charge in [-0.2, -0.15) is 0 Å². The van der Waals surface area contributed by atoms with Crippen LogP contribution in [0.25, 0.3) is 16.8 Å². The van der Waals surface area contributed by atoms with Crippen LogP contribution >= 0.6 is 11.3 Å². The normalized spacial score (nSPS) is 11.2. The lowest BCUT2D eigenvalue weighted by atomic mass is 10.1. The number of carbonyl (C=O) groups is 1. The number of aliphatic carboxylic acids is 1. The molecular weight excluding hydrogens is 406 g/mol. The van der Waals surface area contributed by atoms with Gasteiger partial charge in [-0.05, 0) is 55.2 Å². The van der Waals surface area contributed by atoms with Gasteiger partial charge < -0.3 is 10.4 Å². The number of carboxylic acids is 1.